The molecule has 6 nitrogen and oxygen atoms in total. The van der Waals surface area contributed by atoms with E-state index in [4.69, 9.17) is 4.98 Å². The van der Waals surface area contributed by atoms with Gasteiger partial charge in [-0.2, -0.15) is 0 Å². The van der Waals surface area contributed by atoms with Crippen LogP contribution in [0.15, 0.2) is 10.9 Å². The number of carbonyl (C=O) groups is 1. The third-order valence-electron chi connectivity index (χ3n) is 6.28. The minimum Gasteiger partial charge on any atom is -0.348 e. The van der Waals surface area contributed by atoms with E-state index in [-0.39, 0.29) is 17.5 Å². The van der Waals surface area contributed by atoms with Gasteiger partial charge in [0.25, 0.3) is 11.5 Å². The Labute approximate surface area is 168 Å². The fraction of sp³-hybridized carbons (Fsp3) is 0.571. The second-order valence-electron chi connectivity index (χ2n) is 8.17. The largest absolute Gasteiger partial charge is 0.348 e. The normalized spacial score (nSPS) is 19.4. The molecular formula is C21H26N4O2S. The van der Waals surface area contributed by atoms with Gasteiger partial charge < -0.3 is 10.2 Å². The van der Waals surface area contributed by atoms with Crippen molar-refractivity contribution in [3.8, 4) is 0 Å². The number of amides is 1. The van der Waals surface area contributed by atoms with Crippen molar-refractivity contribution in [3.05, 3.63) is 43.0 Å². The Hall–Kier alpha value is -2.15. The van der Waals surface area contributed by atoms with Crippen LogP contribution in [-0.2, 0) is 25.7 Å². The van der Waals surface area contributed by atoms with Gasteiger partial charge in [0.2, 0.25) is 5.95 Å². The maximum atomic E-state index is 12.6. The summed E-state index contributed by atoms with van der Waals surface area (Å²) < 4.78 is 0. The lowest BCUT2D eigenvalue weighted by Crippen LogP contribution is -2.45. The predicted octanol–water partition coefficient (Wildman–Crippen LogP) is 2.60. The first kappa shape index (κ1) is 17.9. The third-order valence-corrected chi connectivity index (χ3v) is 7.51. The number of fused-ring (bicyclic) bond motifs is 2. The Bertz CT molecular complexity index is 934. The lowest BCUT2D eigenvalue weighted by atomic mass is 9.97. The first-order valence-corrected chi connectivity index (χ1v) is 11.3. The third kappa shape index (κ3) is 3.36. The van der Waals surface area contributed by atoms with Gasteiger partial charge in [-0.05, 0) is 69.4 Å². The van der Waals surface area contributed by atoms with E-state index in [9.17, 15) is 9.59 Å². The highest BCUT2D eigenvalue weighted by atomic mass is 32.1. The number of aromatic nitrogens is 2. The molecule has 2 aliphatic carbocycles. The van der Waals surface area contributed by atoms with E-state index in [2.05, 4.69) is 21.3 Å². The summed E-state index contributed by atoms with van der Waals surface area (Å²) in [5.74, 6) is 0.767. The average molecular weight is 399 g/mol. The lowest BCUT2D eigenvalue weighted by Gasteiger charge is -2.33. The van der Waals surface area contributed by atoms with Gasteiger partial charge >= 0.3 is 0 Å². The highest BCUT2D eigenvalue weighted by Crippen LogP contribution is 2.30. The standard InChI is InChI=1S/C21H26N4O2S/c26-19-15-5-1-2-6-16(15)23-21(24-19)25-10-8-14(9-11-25)22-20(27)18-12-13-4-3-7-17(13)28-18/h12,14H,1-11H2,(H,22,27)(H,23,24,26). The van der Waals surface area contributed by atoms with Crippen molar-refractivity contribution in [1.29, 1.82) is 0 Å². The Kier molecular flexibility index (Phi) is 4.70. The molecule has 5 rings (SSSR count). The summed E-state index contributed by atoms with van der Waals surface area (Å²) in [6, 6.07) is 2.27. The Morgan fingerprint density at radius 2 is 1.96 bits per heavy atom. The van der Waals surface area contributed by atoms with Crippen LogP contribution in [0.4, 0.5) is 5.95 Å². The summed E-state index contributed by atoms with van der Waals surface area (Å²) in [6.45, 7) is 1.60. The number of thiophene rings is 1. The van der Waals surface area contributed by atoms with Crippen molar-refractivity contribution in [2.45, 2.75) is 63.8 Å². The molecule has 1 saturated heterocycles. The van der Waals surface area contributed by atoms with E-state index < -0.39 is 0 Å². The van der Waals surface area contributed by atoms with Crippen LogP contribution in [0.5, 0.6) is 0 Å². The fourth-order valence-corrected chi connectivity index (χ4v) is 5.83. The molecule has 0 saturated carbocycles. The summed E-state index contributed by atoms with van der Waals surface area (Å²) >= 11 is 1.66. The number of nitrogens with zero attached hydrogens (tertiary/aromatic N) is 2. The molecule has 148 valence electrons. The lowest BCUT2D eigenvalue weighted by molar-refractivity contribution is 0.0935. The second kappa shape index (κ2) is 7.35. The number of nitrogens with one attached hydrogen (secondary N) is 2. The zero-order valence-corrected chi connectivity index (χ0v) is 16.9. The molecule has 0 spiro atoms. The molecule has 3 aliphatic rings. The van der Waals surface area contributed by atoms with E-state index in [1.807, 2.05) is 0 Å². The molecule has 1 amide bonds. The van der Waals surface area contributed by atoms with E-state index in [0.717, 1.165) is 80.6 Å². The van der Waals surface area contributed by atoms with Gasteiger partial charge in [0.05, 0.1) is 10.6 Å². The zero-order valence-electron chi connectivity index (χ0n) is 16.1. The number of hydrogen-bond donors (Lipinski definition) is 2. The highest BCUT2D eigenvalue weighted by Gasteiger charge is 2.25. The molecule has 1 aliphatic heterocycles. The minimum absolute atomic E-state index is 0.0286. The second-order valence-corrected chi connectivity index (χ2v) is 9.31. The van der Waals surface area contributed by atoms with Crippen molar-refractivity contribution in [1.82, 2.24) is 15.3 Å². The van der Waals surface area contributed by atoms with Crippen molar-refractivity contribution < 1.29 is 4.79 Å². The SMILES string of the molecule is O=C(NC1CCN(c2nc3c(c(=O)[nH]2)CCCC3)CC1)c1cc2c(s1)CCC2. The molecule has 0 aromatic carbocycles. The number of rotatable bonds is 3. The van der Waals surface area contributed by atoms with E-state index in [0.29, 0.717) is 5.95 Å². The minimum atomic E-state index is 0.0286. The summed E-state index contributed by atoms with van der Waals surface area (Å²) in [5.41, 5.74) is 3.25. The predicted molar refractivity (Wildman–Crippen MR) is 111 cm³/mol. The van der Waals surface area contributed by atoms with Crippen LogP contribution in [0.2, 0.25) is 0 Å². The molecule has 0 atom stereocenters. The monoisotopic (exact) mass is 398 g/mol. The van der Waals surface area contributed by atoms with Crippen LogP contribution in [-0.4, -0.2) is 35.0 Å². The molecule has 2 aromatic rings. The number of carbonyl (C=O) groups excluding carboxylic acids is 1. The van der Waals surface area contributed by atoms with Crippen LogP contribution < -0.4 is 15.8 Å². The van der Waals surface area contributed by atoms with E-state index in [1.54, 1.807) is 11.3 Å². The van der Waals surface area contributed by atoms with Crippen molar-refractivity contribution in [2.24, 2.45) is 0 Å². The van der Waals surface area contributed by atoms with Crippen LogP contribution in [0.3, 0.4) is 0 Å². The fourth-order valence-electron chi connectivity index (χ4n) is 4.67. The molecule has 0 bridgehead atoms. The number of aryl methyl sites for hydroxylation is 3. The van der Waals surface area contributed by atoms with E-state index >= 15 is 0 Å². The van der Waals surface area contributed by atoms with Gasteiger partial charge in [-0.15, -0.1) is 11.3 Å². The molecular weight excluding hydrogens is 372 g/mol. The Balaban J connectivity index is 1.21. The highest BCUT2D eigenvalue weighted by molar-refractivity contribution is 7.14. The maximum absolute atomic E-state index is 12.6. The van der Waals surface area contributed by atoms with Gasteiger partial charge in [-0.1, -0.05) is 0 Å². The quantitative estimate of drug-likeness (QED) is 0.833. The zero-order chi connectivity index (χ0) is 19.1. The van der Waals surface area contributed by atoms with Gasteiger partial charge in [-0.3, -0.25) is 14.6 Å². The van der Waals surface area contributed by atoms with Crippen molar-refractivity contribution >= 4 is 23.2 Å². The topological polar surface area (TPSA) is 78.1 Å². The molecule has 2 aromatic heterocycles. The van der Waals surface area contributed by atoms with Crippen molar-refractivity contribution in [2.75, 3.05) is 18.0 Å². The number of anilines is 1. The smallest absolute Gasteiger partial charge is 0.261 e. The van der Waals surface area contributed by atoms with Crippen LogP contribution in [0, 0.1) is 0 Å². The molecule has 0 unspecified atom stereocenters. The summed E-state index contributed by atoms with van der Waals surface area (Å²) in [4.78, 5) is 37.1. The van der Waals surface area contributed by atoms with Crippen LogP contribution in [0.1, 0.15) is 63.5 Å². The molecule has 28 heavy (non-hydrogen) atoms. The molecule has 7 heteroatoms. The summed E-state index contributed by atoms with van der Waals surface area (Å²) in [6.07, 6.45) is 9.15. The van der Waals surface area contributed by atoms with E-state index in [1.165, 1.54) is 16.9 Å². The molecule has 1 fully saturated rings. The number of piperidine rings is 1. The Morgan fingerprint density at radius 1 is 1.14 bits per heavy atom. The van der Waals surface area contributed by atoms with Gasteiger partial charge in [0.1, 0.15) is 0 Å². The van der Waals surface area contributed by atoms with Gasteiger partial charge in [-0.25, -0.2) is 4.98 Å². The van der Waals surface area contributed by atoms with Crippen molar-refractivity contribution in [3.63, 3.8) is 0 Å². The first-order chi connectivity index (χ1) is 13.7. The number of aromatic amines is 1. The molecule has 3 heterocycles. The van der Waals surface area contributed by atoms with Gasteiger partial charge in [0, 0.05) is 29.6 Å². The molecule has 2 N–H and O–H groups in total. The van der Waals surface area contributed by atoms with Crippen LogP contribution >= 0.6 is 11.3 Å². The first-order valence-electron chi connectivity index (χ1n) is 10.5. The van der Waals surface area contributed by atoms with Gasteiger partial charge in [0.15, 0.2) is 0 Å². The summed E-state index contributed by atoms with van der Waals surface area (Å²) in [7, 11) is 0. The average Bonchev–Trinajstić information content (AvgIpc) is 3.31. The molecule has 0 radical (unpaired) electrons. The summed E-state index contributed by atoms with van der Waals surface area (Å²) in [5, 5.41) is 3.21. The Morgan fingerprint density at radius 3 is 2.79 bits per heavy atom. The number of hydrogen-bond acceptors (Lipinski definition) is 5. The number of H-pyrrole nitrogens is 1. The van der Waals surface area contributed by atoms with Crippen LogP contribution in [0.25, 0.3) is 0 Å². The maximum Gasteiger partial charge on any atom is 0.261 e.